The zero-order valence-corrected chi connectivity index (χ0v) is 11.7. The number of nitrogens with zero attached hydrogens (tertiary/aromatic N) is 2. The third-order valence-corrected chi connectivity index (χ3v) is 2.71. The number of hydrogen-bond donors (Lipinski definition) is 2. The van der Waals surface area contributed by atoms with Gasteiger partial charge >= 0.3 is 0 Å². The highest BCUT2D eigenvalue weighted by atomic mass is 32.1. The minimum absolute atomic E-state index is 0.0429. The summed E-state index contributed by atoms with van der Waals surface area (Å²) in [6.07, 6.45) is 1.53. The standard InChI is InChI=1S/C14H12N4O2S/c19-18(20)13-8-6-11(7-9-13)10-15-17-14(21)16-12-4-2-1-3-5-12/h1-10H,(H2,16,17,21). The minimum Gasteiger partial charge on any atom is -0.331 e. The number of nitro benzene ring substituents is 1. The fraction of sp³-hybridized carbons (Fsp3) is 0. The average Bonchev–Trinajstić information content (AvgIpc) is 2.49. The van der Waals surface area contributed by atoms with Crippen molar-refractivity contribution in [1.82, 2.24) is 5.43 Å². The van der Waals surface area contributed by atoms with Crippen molar-refractivity contribution in [2.45, 2.75) is 0 Å². The quantitative estimate of drug-likeness (QED) is 0.393. The highest BCUT2D eigenvalue weighted by Gasteiger charge is 2.02. The summed E-state index contributed by atoms with van der Waals surface area (Å²) < 4.78 is 0. The Morgan fingerprint density at radius 3 is 2.43 bits per heavy atom. The Hall–Kier alpha value is -2.80. The van der Waals surface area contributed by atoms with Gasteiger partial charge in [-0.1, -0.05) is 18.2 Å². The van der Waals surface area contributed by atoms with Crippen molar-refractivity contribution in [3.05, 3.63) is 70.3 Å². The summed E-state index contributed by atoms with van der Waals surface area (Å²) in [5, 5.41) is 17.8. The van der Waals surface area contributed by atoms with Gasteiger partial charge in [0.25, 0.3) is 5.69 Å². The van der Waals surface area contributed by atoms with Crippen molar-refractivity contribution in [2.24, 2.45) is 5.10 Å². The molecule has 21 heavy (non-hydrogen) atoms. The van der Waals surface area contributed by atoms with E-state index in [9.17, 15) is 10.1 Å². The molecule has 0 saturated carbocycles. The average molecular weight is 300 g/mol. The first-order valence-electron chi connectivity index (χ1n) is 6.05. The number of anilines is 1. The Bertz CT molecular complexity index is 656. The molecule has 0 amide bonds. The molecule has 2 aromatic rings. The molecule has 0 aliphatic carbocycles. The van der Waals surface area contributed by atoms with Crippen molar-refractivity contribution < 1.29 is 4.92 Å². The molecular weight excluding hydrogens is 288 g/mol. The van der Waals surface area contributed by atoms with Crippen LogP contribution in [0, 0.1) is 10.1 Å². The van der Waals surface area contributed by atoms with Crippen LogP contribution < -0.4 is 10.7 Å². The molecule has 0 bridgehead atoms. The number of para-hydroxylation sites is 1. The summed E-state index contributed by atoms with van der Waals surface area (Å²) >= 11 is 5.08. The molecule has 6 nitrogen and oxygen atoms in total. The van der Waals surface area contributed by atoms with Gasteiger partial charge in [-0.2, -0.15) is 5.10 Å². The summed E-state index contributed by atoms with van der Waals surface area (Å²) in [4.78, 5) is 10.1. The van der Waals surface area contributed by atoms with Crippen LogP contribution in [0.3, 0.4) is 0 Å². The summed E-state index contributed by atoms with van der Waals surface area (Å²) in [6, 6.07) is 15.5. The normalized spacial score (nSPS) is 10.3. The lowest BCUT2D eigenvalue weighted by atomic mass is 10.2. The van der Waals surface area contributed by atoms with E-state index in [2.05, 4.69) is 15.8 Å². The van der Waals surface area contributed by atoms with Crippen LogP contribution >= 0.6 is 12.2 Å². The first-order chi connectivity index (χ1) is 10.1. The topological polar surface area (TPSA) is 79.6 Å². The van der Waals surface area contributed by atoms with Gasteiger partial charge in [-0.25, -0.2) is 0 Å². The molecule has 0 saturated heterocycles. The van der Waals surface area contributed by atoms with Gasteiger partial charge in [0.2, 0.25) is 0 Å². The highest BCUT2D eigenvalue weighted by molar-refractivity contribution is 7.80. The predicted molar refractivity (Wildman–Crippen MR) is 86.5 cm³/mol. The summed E-state index contributed by atoms with van der Waals surface area (Å²) in [5.41, 5.74) is 4.31. The number of thiocarbonyl (C=S) groups is 1. The molecule has 0 aromatic heterocycles. The van der Waals surface area contributed by atoms with Crippen LogP contribution in [-0.2, 0) is 0 Å². The van der Waals surface area contributed by atoms with E-state index < -0.39 is 4.92 Å². The van der Waals surface area contributed by atoms with E-state index in [1.807, 2.05) is 30.3 Å². The fourth-order valence-corrected chi connectivity index (χ4v) is 1.70. The molecule has 106 valence electrons. The molecule has 0 radical (unpaired) electrons. The molecule has 0 spiro atoms. The number of hydrogen-bond acceptors (Lipinski definition) is 4. The maximum Gasteiger partial charge on any atom is 0.269 e. The van der Waals surface area contributed by atoms with Crippen LogP contribution in [0.5, 0.6) is 0 Å². The Labute approximate surface area is 126 Å². The van der Waals surface area contributed by atoms with Crippen molar-refractivity contribution in [1.29, 1.82) is 0 Å². The van der Waals surface area contributed by atoms with Crippen LogP contribution in [0.4, 0.5) is 11.4 Å². The maximum absolute atomic E-state index is 10.5. The van der Waals surface area contributed by atoms with E-state index in [0.717, 1.165) is 11.3 Å². The third kappa shape index (κ3) is 4.66. The zero-order valence-electron chi connectivity index (χ0n) is 10.9. The van der Waals surface area contributed by atoms with Gasteiger partial charge in [0.15, 0.2) is 5.11 Å². The Kier molecular flexibility index (Phi) is 4.94. The molecule has 0 atom stereocenters. The predicted octanol–water partition coefficient (Wildman–Crippen LogP) is 2.92. The van der Waals surface area contributed by atoms with Crippen LogP contribution in [0.1, 0.15) is 5.56 Å². The molecule has 0 aliphatic rings. The second-order valence-electron chi connectivity index (χ2n) is 4.04. The summed E-state index contributed by atoms with van der Waals surface area (Å²) in [5.74, 6) is 0. The van der Waals surface area contributed by atoms with Crippen molar-refractivity contribution in [3.8, 4) is 0 Å². The number of nitro groups is 1. The molecule has 2 aromatic carbocycles. The van der Waals surface area contributed by atoms with Crippen LogP contribution in [-0.4, -0.2) is 16.3 Å². The molecule has 0 heterocycles. The lowest BCUT2D eigenvalue weighted by Crippen LogP contribution is -2.23. The largest absolute Gasteiger partial charge is 0.331 e. The lowest BCUT2D eigenvalue weighted by molar-refractivity contribution is -0.384. The lowest BCUT2D eigenvalue weighted by Gasteiger charge is -2.05. The van der Waals surface area contributed by atoms with Crippen molar-refractivity contribution >= 4 is 34.9 Å². The van der Waals surface area contributed by atoms with Crippen LogP contribution in [0.15, 0.2) is 59.7 Å². The maximum atomic E-state index is 10.5. The van der Waals surface area contributed by atoms with E-state index in [4.69, 9.17) is 12.2 Å². The zero-order chi connectivity index (χ0) is 15.1. The molecule has 0 fully saturated rings. The van der Waals surface area contributed by atoms with E-state index in [-0.39, 0.29) is 5.69 Å². The molecule has 0 unspecified atom stereocenters. The first-order valence-corrected chi connectivity index (χ1v) is 6.45. The van der Waals surface area contributed by atoms with Crippen LogP contribution in [0.2, 0.25) is 0 Å². The van der Waals surface area contributed by atoms with Gasteiger partial charge in [-0.3, -0.25) is 15.5 Å². The summed E-state index contributed by atoms with van der Waals surface area (Å²) in [6.45, 7) is 0. The van der Waals surface area contributed by atoms with Gasteiger partial charge in [0.1, 0.15) is 0 Å². The van der Waals surface area contributed by atoms with E-state index >= 15 is 0 Å². The monoisotopic (exact) mass is 300 g/mol. The number of rotatable bonds is 4. The van der Waals surface area contributed by atoms with Crippen molar-refractivity contribution in [2.75, 3.05) is 5.32 Å². The fourth-order valence-electron chi connectivity index (χ4n) is 1.53. The number of benzene rings is 2. The van der Waals surface area contributed by atoms with Gasteiger partial charge in [0, 0.05) is 17.8 Å². The third-order valence-electron chi connectivity index (χ3n) is 2.52. The number of nitrogens with one attached hydrogen (secondary N) is 2. The highest BCUT2D eigenvalue weighted by Crippen LogP contribution is 2.10. The Morgan fingerprint density at radius 1 is 1.14 bits per heavy atom. The van der Waals surface area contributed by atoms with E-state index in [0.29, 0.717) is 5.11 Å². The molecule has 2 N–H and O–H groups in total. The van der Waals surface area contributed by atoms with Crippen molar-refractivity contribution in [3.63, 3.8) is 0 Å². The van der Waals surface area contributed by atoms with Gasteiger partial charge in [-0.05, 0) is 42.0 Å². The minimum atomic E-state index is -0.446. The van der Waals surface area contributed by atoms with E-state index in [1.54, 1.807) is 12.1 Å². The van der Waals surface area contributed by atoms with E-state index in [1.165, 1.54) is 18.3 Å². The molecule has 2 rings (SSSR count). The summed E-state index contributed by atoms with van der Waals surface area (Å²) in [7, 11) is 0. The second-order valence-corrected chi connectivity index (χ2v) is 4.45. The van der Waals surface area contributed by atoms with Gasteiger partial charge in [-0.15, -0.1) is 0 Å². The Morgan fingerprint density at radius 2 is 1.81 bits per heavy atom. The number of non-ortho nitro benzene ring substituents is 1. The second kappa shape index (κ2) is 7.11. The Balaban J connectivity index is 1.87. The SMILES string of the molecule is O=[N+]([O-])c1ccc(C=NNC(=S)Nc2ccccc2)cc1. The smallest absolute Gasteiger partial charge is 0.269 e. The molecule has 0 aliphatic heterocycles. The van der Waals surface area contributed by atoms with Crippen LogP contribution in [0.25, 0.3) is 0 Å². The molecule has 7 heteroatoms. The van der Waals surface area contributed by atoms with Gasteiger partial charge in [0.05, 0.1) is 11.1 Å². The molecular formula is C14H12N4O2S. The first kappa shape index (κ1) is 14.6. The number of hydrazone groups is 1. The van der Waals surface area contributed by atoms with Gasteiger partial charge < -0.3 is 5.32 Å².